The Morgan fingerprint density at radius 3 is 2.38 bits per heavy atom. The van der Waals surface area contributed by atoms with Crippen LogP contribution >= 0.6 is 15.9 Å². The van der Waals surface area contributed by atoms with Gasteiger partial charge < -0.3 is 19.1 Å². The number of piperazine rings is 1. The molecule has 1 aliphatic heterocycles. The van der Waals surface area contributed by atoms with Crippen molar-refractivity contribution in [1.29, 1.82) is 0 Å². The number of rotatable bonds is 2. The summed E-state index contributed by atoms with van der Waals surface area (Å²) in [4.78, 5) is 28.2. The van der Waals surface area contributed by atoms with Gasteiger partial charge in [0.1, 0.15) is 12.1 Å². The first-order valence-electron chi connectivity index (χ1n) is 8.73. The van der Waals surface area contributed by atoms with E-state index >= 15 is 0 Å². The van der Waals surface area contributed by atoms with E-state index in [0.717, 1.165) is 15.4 Å². The summed E-state index contributed by atoms with van der Waals surface area (Å²) in [6.45, 7) is 7.92. The summed E-state index contributed by atoms with van der Waals surface area (Å²) < 4.78 is 8.37. The molecule has 7 heteroatoms. The third-order valence-corrected chi connectivity index (χ3v) is 4.82. The first-order chi connectivity index (χ1) is 12.2. The van der Waals surface area contributed by atoms with E-state index in [1.165, 1.54) is 0 Å². The molecule has 2 aromatic rings. The van der Waals surface area contributed by atoms with Crippen molar-refractivity contribution in [3.05, 3.63) is 34.9 Å². The van der Waals surface area contributed by atoms with E-state index in [-0.39, 0.29) is 12.0 Å². The molecule has 1 fully saturated rings. The molecular formula is C19H24BrN3O3. The Labute approximate surface area is 161 Å². The zero-order chi connectivity index (χ0) is 18.9. The van der Waals surface area contributed by atoms with Gasteiger partial charge in [0, 0.05) is 47.8 Å². The van der Waals surface area contributed by atoms with Crippen molar-refractivity contribution < 1.29 is 14.3 Å². The zero-order valence-corrected chi connectivity index (χ0v) is 17.0. The van der Waals surface area contributed by atoms with Crippen LogP contribution in [0, 0.1) is 0 Å². The molecule has 0 bridgehead atoms. The highest BCUT2D eigenvalue weighted by molar-refractivity contribution is 9.10. The lowest BCUT2D eigenvalue weighted by Crippen LogP contribution is -2.52. The van der Waals surface area contributed by atoms with E-state index in [2.05, 4.69) is 15.9 Å². The van der Waals surface area contributed by atoms with E-state index in [1.54, 1.807) is 4.90 Å². The third kappa shape index (κ3) is 4.38. The number of carbonyl (C=O) groups is 2. The fraction of sp³-hybridized carbons (Fsp3) is 0.474. The summed E-state index contributed by atoms with van der Waals surface area (Å²) >= 11 is 3.46. The number of hydrogen-bond donors (Lipinski definition) is 0. The molecule has 1 saturated heterocycles. The normalized spacial score (nSPS) is 15.4. The molecule has 6 nitrogen and oxygen atoms in total. The SMILES string of the molecule is CC(C)(C)OC(=O)N1CCN(C(=O)Cn2ccc3cc(Br)ccc32)CC1. The van der Waals surface area contributed by atoms with Crippen molar-refractivity contribution in [1.82, 2.24) is 14.4 Å². The molecule has 2 amide bonds. The molecule has 3 rings (SSSR count). The van der Waals surface area contributed by atoms with Crippen LogP contribution in [0.15, 0.2) is 34.9 Å². The molecule has 2 heterocycles. The number of nitrogens with zero attached hydrogens (tertiary/aromatic N) is 3. The highest BCUT2D eigenvalue weighted by Crippen LogP contribution is 2.21. The van der Waals surface area contributed by atoms with Gasteiger partial charge >= 0.3 is 6.09 Å². The molecule has 140 valence electrons. The van der Waals surface area contributed by atoms with Gasteiger partial charge in [0.2, 0.25) is 5.91 Å². The van der Waals surface area contributed by atoms with E-state index in [4.69, 9.17) is 4.74 Å². The molecule has 1 aromatic heterocycles. The van der Waals surface area contributed by atoms with Crippen molar-refractivity contribution in [3.8, 4) is 0 Å². The molecule has 1 aliphatic rings. The lowest BCUT2D eigenvalue weighted by molar-refractivity contribution is -0.133. The first kappa shape index (κ1) is 18.8. The number of aromatic nitrogens is 1. The molecule has 26 heavy (non-hydrogen) atoms. The molecular weight excluding hydrogens is 398 g/mol. The maximum atomic E-state index is 12.6. The summed E-state index contributed by atoms with van der Waals surface area (Å²) in [5, 5.41) is 1.10. The van der Waals surface area contributed by atoms with Crippen molar-refractivity contribution in [2.75, 3.05) is 26.2 Å². The van der Waals surface area contributed by atoms with Crippen LogP contribution in [-0.2, 0) is 16.1 Å². The van der Waals surface area contributed by atoms with Gasteiger partial charge in [-0.15, -0.1) is 0 Å². The van der Waals surface area contributed by atoms with Gasteiger partial charge in [-0.05, 0) is 45.0 Å². The standard InChI is InChI=1S/C19H24BrN3O3/c1-19(2,3)26-18(25)22-10-8-21(9-11-22)17(24)13-23-7-6-14-12-15(20)4-5-16(14)23/h4-7,12H,8-11,13H2,1-3H3. The second kappa shape index (κ2) is 7.31. The van der Waals surface area contributed by atoms with Gasteiger partial charge in [0.25, 0.3) is 0 Å². The Bertz CT molecular complexity index is 817. The maximum absolute atomic E-state index is 12.6. The topological polar surface area (TPSA) is 54.8 Å². The molecule has 0 radical (unpaired) electrons. The van der Waals surface area contributed by atoms with E-state index in [1.807, 2.05) is 60.7 Å². The Balaban J connectivity index is 1.57. The van der Waals surface area contributed by atoms with E-state index in [0.29, 0.717) is 32.7 Å². The second-order valence-corrected chi connectivity index (χ2v) is 8.41. The predicted octanol–water partition coefficient (Wildman–Crippen LogP) is 3.48. The number of ether oxygens (including phenoxy) is 1. The molecule has 0 unspecified atom stereocenters. The summed E-state index contributed by atoms with van der Waals surface area (Å²) in [6.07, 6.45) is 1.62. The van der Waals surface area contributed by atoms with Crippen LogP contribution in [0.5, 0.6) is 0 Å². The van der Waals surface area contributed by atoms with Crippen LogP contribution in [0.3, 0.4) is 0 Å². The van der Waals surface area contributed by atoms with Crippen LogP contribution in [-0.4, -0.2) is 58.1 Å². The number of benzene rings is 1. The number of carbonyl (C=O) groups excluding carboxylic acids is 2. The van der Waals surface area contributed by atoms with Gasteiger partial charge in [0.15, 0.2) is 0 Å². The van der Waals surface area contributed by atoms with Crippen molar-refractivity contribution in [3.63, 3.8) is 0 Å². The average molecular weight is 422 g/mol. The first-order valence-corrected chi connectivity index (χ1v) is 9.52. The molecule has 0 atom stereocenters. The van der Waals surface area contributed by atoms with Crippen LogP contribution in [0.2, 0.25) is 0 Å². The van der Waals surface area contributed by atoms with Gasteiger partial charge in [-0.1, -0.05) is 15.9 Å². The average Bonchev–Trinajstić information content (AvgIpc) is 2.95. The Morgan fingerprint density at radius 2 is 1.73 bits per heavy atom. The van der Waals surface area contributed by atoms with Crippen LogP contribution in [0.1, 0.15) is 20.8 Å². The van der Waals surface area contributed by atoms with E-state index < -0.39 is 5.60 Å². The fourth-order valence-corrected chi connectivity index (χ4v) is 3.40. The lowest BCUT2D eigenvalue weighted by Gasteiger charge is -2.35. The van der Waals surface area contributed by atoms with E-state index in [9.17, 15) is 9.59 Å². The molecule has 0 N–H and O–H groups in total. The minimum atomic E-state index is -0.505. The quantitative estimate of drug-likeness (QED) is 0.745. The molecule has 0 saturated carbocycles. The maximum Gasteiger partial charge on any atom is 0.410 e. The number of fused-ring (bicyclic) bond motifs is 1. The highest BCUT2D eigenvalue weighted by Gasteiger charge is 2.27. The largest absolute Gasteiger partial charge is 0.444 e. The summed E-state index contributed by atoms with van der Waals surface area (Å²) in [6, 6.07) is 8.03. The van der Waals surface area contributed by atoms with Crippen LogP contribution in [0.4, 0.5) is 4.79 Å². The number of hydrogen-bond acceptors (Lipinski definition) is 3. The Morgan fingerprint density at radius 1 is 1.08 bits per heavy atom. The summed E-state index contributed by atoms with van der Waals surface area (Å²) in [5.41, 5.74) is 0.531. The molecule has 0 spiro atoms. The third-order valence-electron chi connectivity index (χ3n) is 4.32. The molecule has 1 aromatic carbocycles. The Kier molecular flexibility index (Phi) is 5.27. The highest BCUT2D eigenvalue weighted by atomic mass is 79.9. The van der Waals surface area contributed by atoms with Gasteiger partial charge in [-0.2, -0.15) is 0 Å². The second-order valence-electron chi connectivity index (χ2n) is 7.49. The van der Waals surface area contributed by atoms with Crippen LogP contribution in [0.25, 0.3) is 10.9 Å². The van der Waals surface area contributed by atoms with Crippen LogP contribution < -0.4 is 0 Å². The lowest BCUT2D eigenvalue weighted by atomic mass is 10.2. The minimum Gasteiger partial charge on any atom is -0.444 e. The van der Waals surface area contributed by atoms with Gasteiger partial charge in [-0.3, -0.25) is 4.79 Å². The monoisotopic (exact) mass is 421 g/mol. The van der Waals surface area contributed by atoms with Crippen molar-refractivity contribution >= 4 is 38.8 Å². The zero-order valence-electron chi connectivity index (χ0n) is 15.4. The fourth-order valence-electron chi connectivity index (χ4n) is 3.02. The summed E-state index contributed by atoms with van der Waals surface area (Å²) in [5.74, 6) is 0.0641. The van der Waals surface area contributed by atoms with Gasteiger partial charge in [-0.25, -0.2) is 4.79 Å². The van der Waals surface area contributed by atoms with Crippen molar-refractivity contribution in [2.24, 2.45) is 0 Å². The predicted molar refractivity (Wildman–Crippen MR) is 104 cm³/mol. The van der Waals surface area contributed by atoms with Gasteiger partial charge in [0.05, 0.1) is 0 Å². The summed E-state index contributed by atoms with van der Waals surface area (Å²) in [7, 11) is 0. The molecule has 0 aliphatic carbocycles. The Hall–Kier alpha value is -2.02. The smallest absolute Gasteiger partial charge is 0.410 e. The van der Waals surface area contributed by atoms with Crippen molar-refractivity contribution in [2.45, 2.75) is 32.9 Å². The number of halogens is 1. The minimum absolute atomic E-state index is 0.0641. The number of amides is 2.